The van der Waals surface area contributed by atoms with E-state index in [1.54, 1.807) is 20.8 Å². The van der Waals surface area contributed by atoms with Crippen LogP contribution in [0.2, 0.25) is 0 Å². The van der Waals surface area contributed by atoms with E-state index in [4.69, 9.17) is 9.84 Å². The largest absolute Gasteiger partial charge is 0.481 e. The van der Waals surface area contributed by atoms with Gasteiger partial charge in [-0.1, -0.05) is 0 Å². The van der Waals surface area contributed by atoms with Crippen LogP contribution in [0.15, 0.2) is 0 Å². The van der Waals surface area contributed by atoms with E-state index in [1.807, 2.05) is 0 Å². The summed E-state index contributed by atoms with van der Waals surface area (Å²) in [5.74, 6) is -1.41. The molecular weight excluding hydrogens is 240 g/mol. The van der Waals surface area contributed by atoms with E-state index in [1.165, 1.54) is 6.92 Å². The molecule has 0 aliphatic rings. The number of amides is 2. The van der Waals surface area contributed by atoms with Gasteiger partial charge in [-0.25, -0.2) is 4.79 Å². The molecule has 0 heterocycles. The molecule has 0 aromatic heterocycles. The van der Waals surface area contributed by atoms with Crippen molar-refractivity contribution in [2.75, 3.05) is 6.54 Å². The summed E-state index contributed by atoms with van der Waals surface area (Å²) in [4.78, 5) is 32.8. The van der Waals surface area contributed by atoms with Crippen LogP contribution in [0, 0.1) is 0 Å². The Morgan fingerprint density at radius 3 is 2.22 bits per heavy atom. The zero-order chi connectivity index (χ0) is 14.3. The molecule has 0 aromatic rings. The maximum atomic E-state index is 11.3. The van der Waals surface area contributed by atoms with Crippen LogP contribution in [0.25, 0.3) is 0 Å². The number of ether oxygens (including phenoxy) is 1. The van der Waals surface area contributed by atoms with Crippen molar-refractivity contribution in [1.82, 2.24) is 10.6 Å². The lowest BCUT2D eigenvalue weighted by atomic mass is 10.2. The number of carbonyl (C=O) groups excluding carboxylic acids is 2. The van der Waals surface area contributed by atoms with Crippen molar-refractivity contribution in [2.45, 2.75) is 45.8 Å². The second-order valence-electron chi connectivity index (χ2n) is 4.88. The highest BCUT2D eigenvalue weighted by atomic mass is 16.6. The molecule has 0 rings (SSSR count). The standard InChI is InChI=1S/C11H20N2O5/c1-7(14)13-8(5-9(15)16)6-12-10(17)18-11(2,3)4/h8H,5-6H2,1-4H3,(H,12,17)(H,13,14)(H,15,16). The Bertz CT molecular complexity index is 306. The van der Waals surface area contributed by atoms with Crippen molar-refractivity contribution in [3.63, 3.8) is 0 Å². The Kier molecular flexibility index (Phi) is 6.15. The molecule has 18 heavy (non-hydrogen) atoms. The second kappa shape index (κ2) is 6.83. The Morgan fingerprint density at radius 1 is 1.28 bits per heavy atom. The highest BCUT2D eigenvalue weighted by Gasteiger charge is 2.19. The van der Waals surface area contributed by atoms with Gasteiger partial charge < -0.3 is 20.5 Å². The lowest BCUT2D eigenvalue weighted by Crippen LogP contribution is -2.45. The topological polar surface area (TPSA) is 105 Å². The first-order valence-electron chi connectivity index (χ1n) is 5.56. The van der Waals surface area contributed by atoms with Crippen LogP contribution < -0.4 is 10.6 Å². The van der Waals surface area contributed by atoms with Crippen LogP contribution in [-0.4, -0.2) is 41.3 Å². The van der Waals surface area contributed by atoms with Crippen molar-refractivity contribution < 1.29 is 24.2 Å². The van der Waals surface area contributed by atoms with Gasteiger partial charge in [0.15, 0.2) is 0 Å². The van der Waals surface area contributed by atoms with Crippen LogP contribution in [0.3, 0.4) is 0 Å². The van der Waals surface area contributed by atoms with Crippen molar-refractivity contribution in [2.24, 2.45) is 0 Å². The van der Waals surface area contributed by atoms with Crippen molar-refractivity contribution in [3.8, 4) is 0 Å². The number of nitrogens with one attached hydrogen (secondary N) is 2. The average Bonchev–Trinajstić information content (AvgIpc) is 2.09. The molecule has 0 spiro atoms. The van der Waals surface area contributed by atoms with Crippen LogP contribution in [0.1, 0.15) is 34.1 Å². The summed E-state index contributed by atoms with van der Waals surface area (Å²) in [6.45, 7) is 6.43. The predicted octanol–water partition coefficient (Wildman–Crippen LogP) is 0.491. The number of hydrogen-bond donors (Lipinski definition) is 3. The molecule has 1 atom stereocenters. The van der Waals surface area contributed by atoms with Crippen LogP contribution in [0.5, 0.6) is 0 Å². The maximum Gasteiger partial charge on any atom is 0.407 e. The third kappa shape index (κ3) is 9.44. The molecule has 3 N–H and O–H groups in total. The summed E-state index contributed by atoms with van der Waals surface area (Å²) >= 11 is 0. The molecule has 0 saturated heterocycles. The molecule has 0 radical (unpaired) electrons. The Morgan fingerprint density at radius 2 is 1.83 bits per heavy atom. The highest BCUT2D eigenvalue weighted by Crippen LogP contribution is 2.06. The third-order valence-electron chi connectivity index (χ3n) is 1.72. The Balaban J connectivity index is 4.21. The summed E-state index contributed by atoms with van der Waals surface area (Å²) in [5.41, 5.74) is -0.625. The van der Waals surface area contributed by atoms with E-state index < -0.39 is 23.7 Å². The summed E-state index contributed by atoms with van der Waals surface area (Å²) < 4.78 is 4.99. The molecule has 0 saturated carbocycles. The van der Waals surface area contributed by atoms with Gasteiger partial charge in [0.25, 0.3) is 0 Å². The molecule has 0 aliphatic carbocycles. The lowest BCUT2D eigenvalue weighted by Gasteiger charge is -2.21. The van der Waals surface area contributed by atoms with E-state index in [-0.39, 0.29) is 18.9 Å². The molecule has 1 unspecified atom stereocenters. The van der Waals surface area contributed by atoms with Gasteiger partial charge in [-0.2, -0.15) is 0 Å². The van der Waals surface area contributed by atoms with Crippen LogP contribution >= 0.6 is 0 Å². The lowest BCUT2D eigenvalue weighted by molar-refractivity contribution is -0.137. The zero-order valence-electron chi connectivity index (χ0n) is 11.1. The normalized spacial score (nSPS) is 12.4. The minimum absolute atomic E-state index is 0.000787. The first-order valence-corrected chi connectivity index (χ1v) is 5.56. The van der Waals surface area contributed by atoms with Gasteiger partial charge in [0, 0.05) is 13.5 Å². The van der Waals surface area contributed by atoms with Crippen molar-refractivity contribution >= 4 is 18.0 Å². The van der Waals surface area contributed by atoms with Gasteiger partial charge in [-0.05, 0) is 20.8 Å². The summed E-state index contributed by atoms with van der Waals surface area (Å²) in [7, 11) is 0. The fourth-order valence-electron chi connectivity index (χ4n) is 1.19. The number of aliphatic carboxylic acids is 1. The fraction of sp³-hybridized carbons (Fsp3) is 0.727. The quantitative estimate of drug-likeness (QED) is 0.667. The van der Waals surface area contributed by atoms with E-state index in [9.17, 15) is 14.4 Å². The molecular formula is C11H20N2O5. The summed E-state index contributed by atoms with van der Waals surface area (Å²) in [5, 5.41) is 13.5. The predicted molar refractivity (Wildman–Crippen MR) is 64.1 cm³/mol. The summed E-state index contributed by atoms with van der Waals surface area (Å²) in [6, 6.07) is -0.660. The van der Waals surface area contributed by atoms with Crippen molar-refractivity contribution in [3.05, 3.63) is 0 Å². The van der Waals surface area contributed by atoms with Gasteiger partial charge in [-0.3, -0.25) is 9.59 Å². The van der Waals surface area contributed by atoms with E-state index >= 15 is 0 Å². The molecule has 0 aliphatic heterocycles. The van der Waals surface area contributed by atoms with E-state index in [2.05, 4.69) is 10.6 Å². The monoisotopic (exact) mass is 260 g/mol. The molecule has 2 amide bonds. The van der Waals surface area contributed by atoms with E-state index in [0.717, 1.165) is 0 Å². The highest BCUT2D eigenvalue weighted by molar-refractivity contribution is 5.75. The zero-order valence-corrected chi connectivity index (χ0v) is 11.1. The Labute approximate surface area is 106 Å². The number of carbonyl (C=O) groups is 3. The van der Waals surface area contributed by atoms with Crippen LogP contribution in [-0.2, 0) is 14.3 Å². The second-order valence-corrected chi connectivity index (χ2v) is 4.88. The van der Waals surface area contributed by atoms with Gasteiger partial charge >= 0.3 is 12.1 Å². The summed E-state index contributed by atoms with van der Waals surface area (Å²) in [6.07, 6.45) is -0.918. The van der Waals surface area contributed by atoms with Gasteiger partial charge in [0.2, 0.25) is 5.91 Å². The molecule has 7 nitrogen and oxygen atoms in total. The molecule has 0 aromatic carbocycles. The minimum atomic E-state index is -1.06. The fourth-order valence-corrected chi connectivity index (χ4v) is 1.19. The SMILES string of the molecule is CC(=O)NC(CNC(=O)OC(C)(C)C)CC(=O)O. The maximum absolute atomic E-state index is 11.3. The average molecular weight is 260 g/mol. The van der Waals surface area contributed by atoms with Gasteiger partial charge in [-0.15, -0.1) is 0 Å². The number of carboxylic acids is 1. The van der Waals surface area contributed by atoms with Crippen molar-refractivity contribution in [1.29, 1.82) is 0 Å². The number of hydrogen-bond acceptors (Lipinski definition) is 4. The third-order valence-corrected chi connectivity index (χ3v) is 1.72. The van der Waals surface area contributed by atoms with E-state index in [0.29, 0.717) is 0 Å². The smallest absolute Gasteiger partial charge is 0.407 e. The first kappa shape index (κ1) is 16.2. The molecule has 0 bridgehead atoms. The molecule has 104 valence electrons. The molecule has 7 heteroatoms. The van der Waals surface area contributed by atoms with Gasteiger partial charge in [0.1, 0.15) is 5.60 Å². The number of carboxylic acid groups (broad SMARTS) is 1. The first-order chi connectivity index (χ1) is 8.10. The number of rotatable bonds is 5. The van der Waals surface area contributed by atoms with Gasteiger partial charge in [0.05, 0.1) is 12.5 Å². The minimum Gasteiger partial charge on any atom is -0.481 e. The number of alkyl carbamates (subject to hydrolysis) is 1. The Hall–Kier alpha value is -1.79. The molecule has 0 fully saturated rings. The van der Waals surface area contributed by atoms with Crippen LogP contribution in [0.4, 0.5) is 4.79 Å².